The molecule has 72 valence electrons. The standard InChI is InChI=1S/C10H8FNO2/c1-7(13)6-14-10-3-2-8(5-12)4-9(10)11/h2-4H,6H2,1H3. The highest BCUT2D eigenvalue weighted by atomic mass is 19.1. The number of hydrogen-bond acceptors (Lipinski definition) is 3. The smallest absolute Gasteiger partial charge is 0.167 e. The summed E-state index contributed by atoms with van der Waals surface area (Å²) in [5.41, 5.74) is 0.220. The van der Waals surface area contributed by atoms with E-state index in [1.54, 1.807) is 6.07 Å². The van der Waals surface area contributed by atoms with Gasteiger partial charge in [-0.25, -0.2) is 4.39 Å². The number of rotatable bonds is 3. The number of Topliss-reactive ketones (excluding diaryl/α,β-unsaturated/α-hetero) is 1. The molecule has 0 amide bonds. The number of carbonyl (C=O) groups excluding carboxylic acids is 1. The lowest BCUT2D eigenvalue weighted by atomic mass is 10.2. The highest BCUT2D eigenvalue weighted by Crippen LogP contribution is 2.17. The minimum atomic E-state index is -0.634. The molecule has 0 saturated carbocycles. The van der Waals surface area contributed by atoms with Crippen molar-refractivity contribution in [2.24, 2.45) is 0 Å². The van der Waals surface area contributed by atoms with E-state index < -0.39 is 5.82 Å². The number of halogens is 1. The van der Waals surface area contributed by atoms with E-state index in [9.17, 15) is 9.18 Å². The fourth-order valence-corrected chi connectivity index (χ4v) is 0.867. The van der Waals surface area contributed by atoms with Crippen LogP contribution in [0.2, 0.25) is 0 Å². The lowest BCUT2D eigenvalue weighted by molar-refractivity contribution is -0.118. The Bertz CT molecular complexity index is 396. The molecule has 1 aromatic carbocycles. The second-order valence-electron chi connectivity index (χ2n) is 2.75. The van der Waals surface area contributed by atoms with E-state index in [2.05, 4.69) is 0 Å². The number of benzene rings is 1. The van der Waals surface area contributed by atoms with Crippen LogP contribution in [0.5, 0.6) is 5.75 Å². The molecule has 1 aromatic rings. The van der Waals surface area contributed by atoms with Crippen LogP contribution >= 0.6 is 0 Å². The first-order valence-corrected chi connectivity index (χ1v) is 3.95. The van der Waals surface area contributed by atoms with E-state index in [0.717, 1.165) is 6.07 Å². The van der Waals surface area contributed by atoms with Crippen molar-refractivity contribution in [3.63, 3.8) is 0 Å². The van der Waals surface area contributed by atoms with E-state index in [1.165, 1.54) is 19.1 Å². The van der Waals surface area contributed by atoms with E-state index in [-0.39, 0.29) is 23.7 Å². The minimum Gasteiger partial charge on any atom is -0.483 e. The molecule has 14 heavy (non-hydrogen) atoms. The van der Waals surface area contributed by atoms with Gasteiger partial charge in [0.15, 0.2) is 17.3 Å². The molecular weight excluding hydrogens is 185 g/mol. The van der Waals surface area contributed by atoms with Crippen LogP contribution in [0.4, 0.5) is 4.39 Å². The van der Waals surface area contributed by atoms with Gasteiger partial charge in [0.05, 0.1) is 11.6 Å². The lowest BCUT2D eigenvalue weighted by Crippen LogP contribution is -2.07. The highest BCUT2D eigenvalue weighted by molar-refractivity contribution is 5.77. The van der Waals surface area contributed by atoms with Crippen LogP contribution < -0.4 is 4.74 Å². The largest absolute Gasteiger partial charge is 0.483 e. The molecule has 0 spiro atoms. The Morgan fingerprint density at radius 3 is 2.86 bits per heavy atom. The Labute approximate surface area is 80.7 Å². The van der Waals surface area contributed by atoms with Crippen LogP contribution in [-0.4, -0.2) is 12.4 Å². The van der Waals surface area contributed by atoms with Gasteiger partial charge in [-0.2, -0.15) is 5.26 Å². The normalized spacial score (nSPS) is 9.21. The summed E-state index contributed by atoms with van der Waals surface area (Å²) in [7, 11) is 0. The molecular formula is C10H8FNO2. The van der Waals surface area contributed by atoms with Gasteiger partial charge < -0.3 is 4.74 Å². The van der Waals surface area contributed by atoms with Crippen LogP contribution in [0.3, 0.4) is 0 Å². The molecule has 0 unspecified atom stereocenters. The van der Waals surface area contributed by atoms with Gasteiger partial charge in [0, 0.05) is 0 Å². The molecule has 0 radical (unpaired) electrons. The van der Waals surface area contributed by atoms with Gasteiger partial charge in [0.25, 0.3) is 0 Å². The summed E-state index contributed by atoms with van der Waals surface area (Å²) in [5.74, 6) is -0.835. The molecule has 0 heterocycles. The first-order chi connectivity index (χ1) is 6.63. The Morgan fingerprint density at radius 2 is 2.36 bits per heavy atom. The quantitative estimate of drug-likeness (QED) is 0.733. The van der Waals surface area contributed by atoms with E-state index in [1.807, 2.05) is 0 Å². The molecule has 0 aliphatic heterocycles. The second kappa shape index (κ2) is 4.38. The summed E-state index contributed by atoms with van der Waals surface area (Å²) in [6.07, 6.45) is 0. The summed E-state index contributed by atoms with van der Waals surface area (Å²) in [5, 5.41) is 8.46. The lowest BCUT2D eigenvalue weighted by Gasteiger charge is -2.04. The predicted octanol–water partition coefficient (Wildman–Crippen LogP) is 1.67. The van der Waals surface area contributed by atoms with Gasteiger partial charge in [-0.3, -0.25) is 4.79 Å². The van der Waals surface area contributed by atoms with Gasteiger partial charge in [-0.1, -0.05) is 0 Å². The number of ether oxygens (including phenoxy) is 1. The van der Waals surface area contributed by atoms with Gasteiger partial charge in [0.2, 0.25) is 0 Å². The van der Waals surface area contributed by atoms with Crippen LogP contribution in [-0.2, 0) is 4.79 Å². The molecule has 0 saturated heterocycles. The van der Waals surface area contributed by atoms with Gasteiger partial charge in [0.1, 0.15) is 6.61 Å². The van der Waals surface area contributed by atoms with Crippen molar-refractivity contribution in [1.29, 1.82) is 5.26 Å². The number of hydrogen-bond donors (Lipinski definition) is 0. The third-order valence-electron chi connectivity index (χ3n) is 1.49. The van der Waals surface area contributed by atoms with Crippen molar-refractivity contribution in [1.82, 2.24) is 0 Å². The van der Waals surface area contributed by atoms with Crippen LogP contribution in [0.25, 0.3) is 0 Å². The Morgan fingerprint density at radius 1 is 1.64 bits per heavy atom. The van der Waals surface area contributed by atoms with Crippen molar-refractivity contribution >= 4 is 5.78 Å². The molecule has 0 atom stereocenters. The molecule has 3 nitrogen and oxygen atoms in total. The number of nitrogens with zero attached hydrogens (tertiary/aromatic N) is 1. The van der Waals surface area contributed by atoms with Crippen molar-refractivity contribution in [3.05, 3.63) is 29.6 Å². The van der Waals surface area contributed by atoms with E-state index in [0.29, 0.717) is 0 Å². The summed E-state index contributed by atoms with van der Waals surface area (Å²) in [4.78, 5) is 10.6. The first kappa shape index (κ1) is 10.2. The molecule has 0 fully saturated rings. The summed E-state index contributed by atoms with van der Waals surface area (Å²) in [6, 6.07) is 5.62. The Kier molecular flexibility index (Phi) is 3.19. The SMILES string of the molecule is CC(=O)COc1ccc(C#N)cc1F. The third kappa shape index (κ3) is 2.56. The fraction of sp³-hybridized carbons (Fsp3) is 0.200. The van der Waals surface area contributed by atoms with E-state index in [4.69, 9.17) is 10.00 Å². The zero-order chi connectivity index (χ0) is 10.6. The molecule has 0 bridgehead atoms. The van der Waals surface area contributed by atoms with Crippen molar-refractivity contribution in [3.8, 4) is 11.8 Å². The zero-order valence-electron chi connectivity index (χ0n) is 7.58. The molecule has 0 N–H and O–H groups in total. The van der Waals surface area contributed by atoms with Gasteiger partial charge in [-0.05, 0) is 25.1 Å². The van der Waals surface area contributed by atoms with Gasteiger partial charge >= 0.3 is 0 Å². The first-order valence-electron chi connectivity index (χ1n) is 3.95. The fourth-order valence-electron chi connectivity index (χ4n) is 0.867. The average molecular weight is 193 g/mol. The highest BCUT2D eigenvalue weighted by Gasteiger charge is 2.05. The van der Waals surface area contributed by atoms with Crippen molar-refractivity contribution < 1.29 is 13.9 Å². The van der Waals surface area contributed by atoms with Crippen LogP contribution in [0.15, 0.2) is 18.2 Å². The summed E-state index contributed by atoms with van der Waals surface area (Å²) < 4.78 is 18.0. The third-order valence-corrected chi connectivity index (χ3v) is 1.49. The summed E-state index contributed by atoms with van der Waals surface area (Å²) in [6.45, 7) is 1.18. The topological polar surface area (TPSA) is 50.1 Å². The molecule has 0 aromatic heterocycles. The zero-order valence-corrected chi connectivity index (χ0v) is 7.58. The van der Waals surface area contributed by atoms with Crippen molar-refractivity contribution in [2.45, 2.75) is 6.92 Å². The van der Waals surface area contributed by atoms with E-state index >= 15 is 0 Å². The number of nitriles is 1. The van der Waals surface area contributed by atoms with Crippen LogP contribution in [0.1, 0.15) is 12.5 Å². The minimum absolute atomic E-state index is 0.0146. The molecule has 0 aliphatic carbocycles. The van der Waals surface area contributed by atoms with Crippen LogP contribution in [0, 0.1) is 17.1 Å². The summed E-state index contributed by atoms with van der Waals surface area (Å²) >= 11 is 0. The second-order valence-corrected chi connectivity index (χ2v) is 2.75. The predicted molar refractivity (Wildman–Crippen MR) is 47.3 cm³/mol. The maximum absolute atomic E-state index is 13.1. The van der Waals surface area contributed by atoms with Crippen molar-refractivity contribution in [2.75, 3.05) is 6.61 Å². The molecule has 4 heteroatoms. The molecule has 1 rings (SSSR count). The van der Waals surface area contributed by atoms with Gasteiger partial charge in [-0.15, -0.1) is 0 Å². The number of ketones is 1. The number of carbonyl (C=O) groups is 1. The maximum atomic E-state index is 13.1. The monoisotopic (exact) mass is 193 g/mol. The average Bonchev–Trinajstić information content (AvgIpc) is 2.15. The Hall–Kier alpha value is -1.89. The Balaban J connectivity index is 2.80. The maximum Gasteiger partial charge on any atom is 0.167 e. The molecule has 0 aliphatic rings.